The van der Waals surface area contributed by atoms with Crippen LogP contribution >= 0.6 is 0 Å². The van der Waals surface area contributed by atoms with E-state index in [9.17, 15) is 4.79 Å². The number of aliphatic hydroxyl groups is 1. The Labute approximate surface area is 98.6 Å². The maximum atomic E-state index is 11.8. The van der Waals surface area contributed by atoms with Crippen molar-refractivity contribution in [2.24, 2.45) is 0 Å². The fourth-order valence-corrected chi connectivity index (χ4v) is 1.26. The van der Waals surface area contributed by atoms with E-state index in [0.717, 1.165) is 6.42 Å². The summed E-state index contributed by atoms with van der Waals surface area (Å²) < 4.78 is 5.29. The van der Waals surface area contributed by atoms with Crippen molar-refractivity contribution in [3.63, 3.8) is 0 Å². The lowest BCUT2D eigenvalue weighted by atomic mass is 9.97. The average Bonchev–Trinajstić information content (AvgIpc) is 2.10. The number of carbonyl (C=O) groups excluding carboxylic acids is 1. The Balaban J connectivity index is 4.41. The van der Waals surface area contributed by atoms with Gasteiger partial charge in [0.05, 0.1) is 0 Å². The number of nitrogens with zero attached hydrogens (tertiary/aromatic N) is 1. The van der Waals surface area contributed by atoms with Gasteiger partial charge in [0.25, 0.3) is 0 Å². The molecule has 0 atom stereocenters. The van der Waals surface area contributed by atoms with Crippen molar-refractivity contribution < 1.29 is 14.6 Å². The van der Waals surface area contributed by atoms with Gasteiger partial charge in [-0.25, -0.2) is 4.79 Å². The van der Waals surface area contributed by atoms with Gasteiger partial charge in [-0.2, -0.15) is 0 Å². The van der Waals surface area contributed by atoms with Crippen LogP contribution in [0.5, 0.6) is 0 Å². The van der Waals surface area contributed by atoms with Crippen molar-refractivity contribution in [3.8, 4) is 0 Å². The summed E-state index contributed by atoms with van der Waals surface area (Å²) in [7, 11) is 1.73. The highest BCUT2D eigenvalue weighted by Crippen LogP contribution is 2.21. The molecule has 1 amide bonds. The summed E-state index contributed by atoms with van der Waals surface area (Å²) in [5.41, 5.74) is -0.774. The van der Waals surface area contributed by atoms with Gasteiger partial charge in [-0.3, -0.25) is 0 Å². The van der Waals surface area contributed by atoms with Crippen LogP contribution < -0.4 is 0 Å². The van der Waals surface area contributed by atoms with E-state index in [4.69, 9.17) is 9.84 Å². The molecule has 0 aromatic rings. The predicted molar refractivity (Wildman–Crippen MR) is 64.4 cm³/mol. The second kappa shape index (κ2) is 5.53. The second-order valence-electron chi connectivity index (χ2n) is 5.68. The summed E-state index contributed by atoms with van der Waals surface area (Å²) in [6.07, 6.45) is 1.11. The van der Waals surface area contributed by atoms with Crippen LogP contribution in [0.1, 0.15) is 47.5 Å². The molecule has 0 heterocycles. The normalized spacial score (nSPS) is 12.4. The molecular formula is C12H25NO3. The molecule has 96 valence electrons. The lowest BCUT2D eigenvalue weighted by molar-refractivity contribution is 0.00879. The first-order chi connectivity index (χ1) is 7.10. The van der Waals surface area contributed by atoms with E-state index in [1.54, 1.807) is 11.9 Å². The SMILES string of the molecule is CN(C(=O)OC(C)(C)C)C(C)(C)CCCO. The molecule has 4 nitrogen and oxygen atoms in total. The predicted octanol–water partition coefficient (Wildman–Crippen LogP) is 2.40. The Bertz CT molecular complexity index is 231. The van der Waals surface area contributed by atoms with Gasteiger partial charge in [0.2, 0.25) is 0 Å². The van der Waals surface area contributed by atoms with Gasteiger partial charge in [-0.05, 0) is 47.5 Å². The molecule has 0 aliphatic heterocycles. The van der Waals surface area contributed by atoms with Gasteiger partial charge in [0.15, 0.2) is 0 Å². The van der Waals surface area contributed by atoms with Crippen molar-refractivity contribution in [1.82, 2.24) is 4.90 Å². The summed E-state index contributed by atoms with van der Waals surface area (Å²) in [5, 5.41) is 8.80. The highest BCUT2D eigenvalue weighted by atomic mass is 16.6. The van der Waals surface area contributed by atoms with Crippen LogP contribution in [-0.4, -0.2) is 40.9 Å². The first-order valence-electron chi connectivity index (χ1n) is 5.68. The quantitative estimate of drug-likeness (QED) is 0.808. The number of hydrogen-bond donors (Lipinski definition) is 1. The molecule has 1 N–H and O–H groups in total. The zero-order valence-electron chi connectivity index (χ0n) is 11.3. The molecular weight excluding hydrogens is 206 g/mol. The van der Waals surface area contributed by atoms with E-state index in [1.807, 2.05) is 34.6 Å². The van der Waals surface area contributed by atoms with Crippen molar-refractivity contribution in [2.45, 2.75) is 58.6 Å². The molecule has 0 aliphatic carbocycles. The van der Waals surface area contributed by atoms with Crippen LogP contribution in [0.4, 0.5) is 4.79 Å². The van der Waals surface area contributed by atoms with Crippen LogP contribution in [0, 0.1) is 0 Å². The van der Waals surface area contributed by atoms with E-state index < -0.39 is 5.60 Å². The van der Waals surface area contributed by atoms with Gasteiger partial charge < -0.3 is 14.7 Å². The van der Waals surface area contributed by atoms with Crippen molar-refractivity contribution in [1.29, 1.82) is 0 Å². The Morgan fingerprint density at radius 2 is 1.75 bits per heavy atom. The van der Waals surface area contributed by atoms with Gasteiger partial charge in [0.1, 0.15) is 5.60 Å². The maximum Gasteiger partial charge on any atom is 0.410 e. The molecule has 0 spiro atoms. The van der Waals surface area contributed by atoms with Crippen molar-refractivity contribution >= 4 is 6.09 Å². The molecule has 0 rings (SSSR count). The molecule has 0 aliphatic rings. The van der Waals surface area contributed by atoms with E-state index in [-0.39, 0.29) is 18.2 Å². The van der Waals surface area contributed by atoms with Crippen molar-refractivity contribution in [2.75, 3.05) is 13.7 Å². The Kier molecular flexibility index (Phi) is 5.26. The molecule has 0 saturated carbocycles. The van der Waals surface area contributed by atoms with Crippen LogP contribution in [0.25, 0.3) is 0 Å². The average molecular weight is 231 g/mol. The fourth-order valence-electron chi connectivity index (χ4n) is 1.26. The number of aliphatic hydroxyl groups excluding tert-OH is 1. The highest BCUT2D eigenvalue weighted by molar-refractivity contribution is 5.68. The third-order valence-electron chi connectivity index (χ3n) is 2.52. The summed E-state index contributed by atoms with van der Waals surface area (Å²) in [6, 6.07) is 0. The molecule has 0 saturated heterocycles. The first-order valence-corrected chi connectivity index (χ1v) is 5.68. The monoisotopic (exact) mass is 231 g/mol. The Morgan fingerprint density at radius 1 is 1.25 bits per heavy atom. The zero-order chi connectivity index (χ0) is 13.0. The third kappa shape index (κ3) is 5.35. The number of carbonyl (C=O) groups is 1. The number of amides is 1. The molecule has 0 radical (unpaired) electrons. The Hall–Kier alpha value is -0.770. The van der Waals surface area contributed by atoms with E-state index in [2.05, 4.69) is 0 Å². The minimum absolute atomic E-state index is 0.144. The van der Waals surface area contributed by atoms with Crippen molar-refractivity contribution in [3.05, 3.63) is 0 Å². The molecule has 0 bridgehead atoms. The lowest BCUT2D eigenvalue weighted by Crippen LogP contribution is -2.47. The topological polar surface area (TPSA) is 49.8 Å². The number of hydrogen-bond acceptors (Lipinski definition) is 3. The van der Waals surface area contributed by atoms with E-state index >= 15 is 0 Å². The van der Waals surface area contributed by atoms with Gasteiger partial charge in [-0.1, -0.05) is 0 Å². The van der Waals surface area contributed by atoms with Crippen LogP contribution in [0.15, 0.2) is 0 Å². The molecule has 0 aromatic heterocycles. The largest absolute Gasteiger partial charge is 0.444 e. The van der Waals surface area contributed by atoms with Crippen LogP contribution in [-0.2, 0) is 4.74 Å². The van der Waals surface area contributed by atoms with Gasteiger partial charge in [-0.15, -0.1) is 0 Å². The zero-order valence-corrected chi connectivity index (χ0v) is 11.3. The molecule has 0 aromatic carbocycles. The molecule has 0 fully saturated rings. The summed E-state index contributed by atoms with van der Waals surface area (Å²) in [4.78, 5) is 13.4. The lowest BCUT2D eigenvalue weighted by Gasteiger charge is -2.36. The second-order valence-corrected chi connectivity index (χ2v) is 5.68. The third-order valence-corrected chi connectivity index (χ3v) is 2.52. The number of ether oxygens (including phenoxy) is 1. The summed E-state index contributed by atoms with van der Waals surface area (Å²) in [5.74, 6) is 0. The molecule has 4 heteroatoms. The minimum atomic E-state index is -0.474. The van der Waals surface area contributed by atoms with Crippen LogP contribution in [0.2, 0.25) is 0 Å². The smallest absolute Gasteiger partial charge is 0.410 e. The molecule has 16 heavy (non-hydrogen) atoms. The fraction of sp³-hybridized carbons (Fsp3) is 0.917. The highest BCUT2D eigenvalue weighted by Gasteiger charge is 2.30. The Morgan fingerprint density at radius 3 is 2.12 bits per heavy atom. The van der Waals surface area contributed by atoms with Gasteiger partial charge >= 0.3 is 6.09 Å². The van der Waals surface area contributed by atoms with Crippen LogP contribution in [0.3, 0.4) is 0 Å². The standard InChI is InChI=1S/C12H25NO3/c1-11(2,3)16-10(15)13(6)12(4,5)8-7-9-14/h14H,7-9H2,1-6H3. The minimum Gasteiger partial charge on any atom is -0.444 e. The maximum absolute atomic E-state index is 11.8. The summed E-state index contributed by atoms with van der Waals surface area (Å²) in [6.45, 7) is 9.61. The first kappa shape index (κ1) is 15.2. The van der Waals surface area contributed by atoms with E-state index in [1.165, 1.54) is 0 Å². The summed E-state index contributed by atoms with van der Waals surface area (Å²) >= 11 is 0. The molecule has 0 unspecified atom stereocenters. The number of rotatable bonds is 4. The van der Waals surface area contributed by atoms with Gasteiger partial charge in [0, 0.05) is 19.2 Å². The van der Waals surface area contributed by atoms with E-state index in [0.29, 0.717) is 6.42 Å².